The predicted molar refractivity (Wildman–Crippen MR) is 54.7 cm³/mol. The van der Waals surface area contributed by atoms with Gasteiger partial charge in [0.2, 0.25) is 0 Å². The molecule has 3 rings (SSSR count). The van der Waals surface area contributed by atoms with Crippen molar-refractivity contribution in [3.8, 4) is 0 Å². The molecule has 0 aromatic carbocycles. The van der Waals surface area contributed by atoms with Crippen LogP contribution in [0.5, 0.6) is 0 Å². The molecule has 70 valence electrons. The molecule has 1 aliphatic heterocycles. The second kappa shape index (κ2) is 2.61. The Hall–Kier alpha value is -0.770. The second-order valence-corrected chi connectivity index (χ2v) is 4.28. The lowest BCUT2D eigenvalue weighted by atomic mass is 10.2. The molecule has 0 unspecified atom stereocenters. The Labute approximate surface area is 82.2 Å². The number of rotatable bonds is 1. The van der Waals surface area contributed by atoms with Crippen molar-refractivity contribution >= 4 is 18.0 Å². The molecular formula is C9H13N3S. The quantitative estimate of drug-likeness (QED) is 0.674. The lowest BCUT2D eigenvalue weighted by Crippen LogP contribution is -2.14. The van der Waals surface area contributed by atoms with E-state index in [9.17, 15) is 0 Å². The number of aromatic amines is 1. The third kappa shape index (κ3) is 1.12. The first-order valence-corrected chi connectivity index (χ1v) is 5.34. The van der Waals surface area contributed by atoms with Crippen molar-refractivity contribution in [3.63, 3.8) is 0 Å². The maximum absolute atomic E-state index is 5.30. The molecule has 1 aromatic heterocycles. The number of nitrogens with zero attached hydrogens (tertiary/aromatic N) is 1. The number of aromatic nitrogens is 2. The molecular weight excluding hydrogens is 182 g/mol. The molecule has 0 amide bonds. The van der Waals surface area contributed by atoms with Gasteiger partial charge in [-0.3, -0.25) is 0 Å². The van der Waals surface area contributed by atoms with Crippen molar-refractivity contribution in [1.82, 2.24) is 9.55 Å². The molecule has 3 nitrogen and oxygen atoms in total. The van der Waals surface area contributed by atoms with Crippen LogP contribution >= 0.6 is 12.2 Å². The van der Waals surface area contributed by atoms with Gasteiger partial charge in [-0.2, -0.15) is 0 Å². The van der Waals surface area contributed by atoms with Crippen LogP contribution in [0.15, 0.2) is 0 Å². The molecule has 1 aliphatic carbocycles. The summed E-state index contributed by atoms with van der Waals surface area (Å²) >= 11 is 5.30. The Morgan fingerprint density at radius 1 is 1.38 bits per heavy atom. The number of anilines is 1. The molecule has 0 bridgehead atoms. The summed E-state index contributed by atoms with van der Waals surface area (Å²) in [5.74, 6) is 1.26. The van der Waals surface area contributed by atoms with E-state index in [0.29, 0.717) is 6.04 Å². The van der Waals surface area contributed by atoms with Gasteiger partial charge < -0.3 is 14.9 Å². The molecule has 2 N–H and O–H groups in total. The first kappa shape index (κ1) is 7.62. The highest BCUT2D eigenvalue weighted by molar-refractivity contribution is 7.71. The molecule has 1 aromatic rings. The van der Waals surface area contributed by atoms with Crippen LogP contribution in [0.2, 0.25) is 0 Å². The van der Waals surface area contributed by atoms with E-state index in [-0.39, 0.29) is 0 Å². The highest BCUT2D eigenvalue weighted by Crippen LogP contribution is 2.39. The van der Waals surface area contributed by atoms with Gasteiger partial charge in [-0.1, -0.05) is 0 Å². The van der Waals surface area contributed by atoms with Gasteiger partial charge in [0.25, 0.3) is 0 Å². The summed E-state index contributed by atoms with van der Waals surface area (Å²) in [5, 5.41) is 3.44. The fraction of sp³-hybridized carbons (Fsp3) is 0.667. The average molecular weight is 195 g/mol. The van der Waals surface area contributed by atoms with E-state index >= 15 is 0 Å². The number of fused-ring (bicyclic) bond motifs is 1. The summed E-state index contributed by atoms with van der Waals surface area (Å²) in [4.78, 5) is 3.30. The lowest BCUT2D eigenvalue weighted by Gasteiger charge is -2.15. The number of imidazole rings is 1. The highest BCUT2D eigenvalue weighted by Gasteiger charge is 2.28. The van der Waals surface area contributed by atoms with Gasteiger partial charge in [0.05, 0.1) is 5.69 Å². The van der Waals surface area contributed by atoms with Crippen molar-refractivity contribution in [2.45, 2.75) is 31.7 Å². The summed E-state index contributed by atoms with van der Waals surface area (Å²) in [7, 11) is 0. The zero-order valence-corrected chi connectivity index (χ0v) is 8.28. The predicted octanol–water partition coefficient (Wildman–Crippen LogP) is 2.24. The summed E-state index contributed by atoms with van der Waals surface area (Å²) in [5.41, 5.74) is 1.31. The molecule has 2 heterocycles. The van der Waals surface area contributed by atoms with Crippen LogP contribution in [0.25, 0.3) is 0 Å². The van der Waals surface area contributed by atoms with E-state index in [0.717, 1.165) is 17.7 Å². The van der Waals surface area contributed by atoms with E-state index in [2.05, 4.69) is 14.9 Å². The third-order valence-corrected chi connectivity index (χ3v) is 3.11. The van der Waals surface area contributed by atoms with Gasteiger partial charge in [0, 0.05) is 12.6 Å². The Balaban J connectivity index is 2.15. The fourth-order valence-electron chi connectivity index (χ4n) is 2.02. The van der Waals surface area contributed by atoms with E-state index in [1.165, 1.54) is 30.8 Å². The average Bonchev–Trinajstić information content (AvgIpc) is 2.88. The largest absolute Gasteiger partial charge is 0.370 e. The van der Waals surface area contributed by atoms with Gasteiger partial charge in [-0.15, -0.1) is 0 Å². The van der Waals surface area contributed by atoms with Crippen LogP contribution < -0.4 is 5.32 Å². The second-order valence-electron chi connectivity index (χ2n) is 3.89. The summed E-state index contributed by atoms with van der Waals surface area (Å²) in [6.07, 6.45) is 4.94. The summed E-state index contributed by atoms with van der Waals surface area (Å²) < 4.78 is 3.17. The number of H-pyrrole nitrogens is 1. The lowest BCUT2D eigenvalue weighted by molar-refractivity contribution is 0.718. The van der Waals surface area contributed by atoms with Gasteiger partial charge in [0.15, 0.2) is 4.77 Å². The number of hydrogen-bond acceptors (Lipinski definition) is 2. The van der Waals surface area contributed by atoms with Gasteiger partial charge >= 0.3 is 0 Å². The smallest absolute Gasteiger partial charge is 0.179 e. The third-order valence-electron chi connectivity index (χ3n) is 2.81. The highest BCUT2D eigenvalue weighted by atomic mass is 32.1. The van der Waals surface area contributed by atoms with Crippen molar-refractivity contribution in [3.05, 3.63) is 10.5 Å². The van der Waals surface area contributed by atoms with Crippen molar-refractivity contribution in [2.75, 3.05) is 11.9 Å². The van der Waals surface area contributed by atoms with Gasteiger partial charge in [0.1, 0.15) is 5.82 Å². The van der Waals surface area contributed by atoms with Crippen LogP contribution in [0.3, 0.4) is 0 Å². The monoisotopic (exact) mass is 195 g/mol. The zero-order chi connectivity index (χ0) is 8.84. The van der Waals surface area contributed by atoms with E-state index in [1.807, 2.05) is 0 Å². The van der Waals surface area contributed by atoms with Gasteiger partial charge in [-0.25, -0.2) is 0 Å². The van der Waals surface area contributed by atoms with Crippen LogP contribution in [0.4, 0.5) is 5.82 Å². The van der Waals surface area contributed by atoms with Crippen LogP contribution in [-0.2, 0) is 6.42 Å². The first-order chi connectivity index (χ1) is 6.36. The normalized spacial score (nSPS) is 20.9. The zero-order valence-electron chi connectivity index (χ0n) is 7.47. The molecule has 2 aliphatic rings. The first-order valence-electron chi connectivity index (χ1n) is 4.93. The Morgan fingerprint density at radius 2 is 2.23 bits per heavy atom. The van der Waals surface area contributed by atoms with Crippen LogP contribution in [-0.4, -0.2) is 16.1 Å². The van der Waals surface area contributed by atoms with Crippen LogP contribution in [0, 0.1) is 4.77 Å². The van der Waals surface area contributed by atoms with E-state index in [1.54, 1.807) is 0 Å². The standard InChI is InChI=1S/C9H13N3S/c13-9-11-7-2-1-5-10-8(7)12(9)6-3-4-6/h6,10H,1-5H2,(H,11,13). The van der Waals surface area contributed by atoms with E-state index < -0.39 is 0 Å². The summed E-state index contributed by atoms with van der Waals surface area (Å²) in [6, 6.07) is 0.679. The molecule has 0 atom stereocenters. The minimum absolute atomic E-state index is 0.679. The number of hydrogen-bond donors (Lipinski definition) is 2. The van der Waals surface area contributed by atoms with Gasteiger partial charge in [-0.05, 0) is 37.9 Å². The minimum atomic E-state index is 0.679. The molecule has 0 radical (unpaired) electrons. The Morgan fingerprint density at radius 3 is 3.00 bits per heavy atom. The van der Waals surface area contributed by atoms with Crippen molar-refractivity contribution < 1.29 is 0 Å². The topological polar surface area (TPSA) is 32.8 Å². The molecule has 1 saturated carbocycles. The molecule has 1 fully saturated rings. The number of nitrogens with one attached hydrogen (secondary N) is 2. The SMILES string of the molecule is S=c1[nH]c2c(n1C1CC1)NCCC2. The maximum Gasteiger partial charge on any atom is 0.179 e. The number of aryl methyl sites for hydroxylation is 1. The van der Waals surface area contributed by atoms with Crippen LogP contribution in [0.1, 0.15) is 31.0 Å². The molecule has 13 heavy (non-hydrogen) atoms. The minimum Gasteiger partial charge on any atom is -0.370 e. The molecule has 0 saturated heterocycles. The van der Waals surface area contributed by atoms with Crippen molar-refractivity contribution in [2.24, 2.45) is 0 Å². The maximum atomic E-state index is 5.30. The molecule has 4 heteroatoms. The molecule has 0 spiro atoms. The Bertz CT molecular complexity index is 386. The Kier molecular flexibility index (Phi) is 1.53. The fourth-order valence-corrected chi connectivity index (χ4v) is 2.38. The van der Waals surface area contributed by atoms with Crippen molar-refractivity contribution in [1.29, 1.82) is 0 Å². The summed E-state index contributed by atoms with van der Waals surface area (Å²) in [6.45, 7) is 1.09. The van der Waals surface area contributed by atoms with E-state index in [4.69, 9.17) is 12.2 Å².